The SMILES string of the molecule is C.COc1cc(-c2ccc(C(=O)N3CCN(CCCCN4CCN(C(=O)c5ccc(-c6cc(OC)c(OC)c(OC)c6)cc5)CC4)CC3)cc2)cc(OC)c1OC. The number of hydrogen-bond acceptors (Lipinski definition) is 10. The molecule has 0 bridgehead atoms. The van der Waals surface area contributed by atoms with Crippen LogP contribution in [0.3, 0.4) is 0 Å². The van der Waals surface area contributed by atoms with Gasteiger partial charge in [0, 0.05) is 63.5 Å². The van der Waals surface area contributed by atoms with Crippen molar-refractivity contribution in [1.29, 1.82) is 0 Å². The van der Waals surface area contributed by atoms with Gasteiger partial charge in [0.25, 0.3) is 11.8 Å². The van der Waals surface area contributed by atoms with E-state index in [4.69, 9.17) is 28.4 Å². The van der Waals surface area contributed by atoms with E-state index in [-0.39, 0.29) is 19.2 Å². The first kappa shape index (κ1) is 42.7. The number of rotatable bonds is 15. The predicted octanol–water partition coefficient (Wildman–Crippen LogP) is 6.70. The van der Waals surface area contributed by atoms with E-state index in [1.54, 1.807) is 42.7 Å². The van der Waals surface area contributed by atoms with Crippen LogP contribution in [0.5, 0.6) is 34.5 Å². The first-order valence-corrected chi connectivity index (χ1v) is 19.1. The molecule has 306 valence electrons. The standard InChI is InChI=1S/C44H54N4O8.CH4/c1-51-37-27-35(28-38(52-2)41(37)55-5)31-9-13-33(14-10-31)43(49)47-23-19-45(20-24-47)17-7-8-18-46-21-25-48(26-22-46)44(50)34-15-11-32(12-16-34)36-29-39(53-3)42(56-6)40(30-36)54-4;/h9-16,27-30H,7-8,17-26H2,1-6H3;1H4. The van der Waals surface area contributed by atoms with E-state index in [0.29, 0.717) is 45.6 Å². The van der Waals surface area contributed by atoms with Crippen molar-refractivity contribution in [2.45, 2.75) is 20.3 Å². The molecule has 4 aromatic carbocycles. The van der Waals surface area contributed by atoms with E-state index < -0.39 is 0 Å². The van der Waals surface area contributed by atoms with Gasteiger partial charge in [0.1, 0.15) is 0 Å². The molecule has 0 aliphatic carbocycles. The van der Waals surface area contributed by atoms with Crippen LogP contribution in [0.1, 0.15) is 41.0 Å². The Morgan fingerprint density at radius 3 is 1.00 bits per heavy atom. The summed E-state index contributed by atoms with van der Waals surface area (Å²) in [6.45, 7) is 8.42. The lowest BCUT2D eigenvalue weighted by molar-refractivity contribution is 0.0611. The second kappa shape index (κ2) is 20.1. The van der Waals surface area contributed by atoms with Crippen molar-refractivity contribution in [3.63, 3.8) is 0 Å². The molecule has 2 amide bonds. The van der Waals surface area contributed by atoms with Crippen molar-refractivity contribution in [2.75, 3.05) is 108 Å². The number of methoxy groups -OCH3 is 6. The van der Waals surface area contributed by atoms with Gasteiger partial charge < -0.3 is 38.2 Å². The predicted molar refractivity (Wildman–Crippen MR) is 224 cm³/mol. The Balaban J connectivity index is 0.00000620. The molecule has 0 unspecified atom stereocenters. The quantitative estimate of drug-likeness (QED) is 0.121. The minimum atomic E-state index is 0. The van der Waals surface area contributed by atoms with E-state index in [0.717, 1.165) is 101 Å². The first-order valence-electron chi connectivity index (χ1n) is 19.1. The molecule has 0 saturated carbocycles. The molecule has 2 aliphatic rings. The topological polar surface area (TPSA) is 102 Å². The summed E-state index contributed by atoms with van der Waals surface area (Å²) in [7, 11) is 9.56. The Morgan fingerprint density at radius 1 is 0.439 bits per heavy atom. The molecule has 0 atom stereocenters. The normalized spacial score (nSPS) is 14.7. The third-order valence-corrected chi connectivity index (χ3v) is 10.8. The number of hydrogen-bond donors (Lipinski definition) is 0. The Bertz CT molecular complexity index is 1750. The summed E-state index contributed by atoms with van der Waals surface area (Å²) in [4.78, 5) is 35.5. The molecule has 0 spiro atoms. The molecule has 0 radical (unpaired) electrons. The van der Waals surface area contributed by atoms with Crippen molar-refractivity contribution in [3.8, 4) is 56.8 Å². The van der Waals surface area contributed by atoms with Crippen LogP contribution in [0.2, 0.25) is 0 Å². The van der Waals surface area contributed by atoms with Crippen LogP contribution in [0.4, 0.5) is 0 Å². The van der Waals surface area contributed by atoms with Gasteiger partial charge in [0.05, 0.1) is 42.7 Å². The lowest BCUT2D eigenvalue weighted by atomic mass is 10.0. The van der Waals surface area contributed by atoms with Crippen LogP contribution in [0.15, 0.2) is 72.8 Å². The summed E-state index contributed by atoms with van der Waals surface area (Å²) in [5, 5.41) is 0. The van der Waals surface area contributed by atoms with Crippen LogP contribution in [0, 0.1) is 0 Å². The van der Waals surface area contributed by atoms with E-state index in [1.807, 2.05) is 82.6 Å². The summed E-state index contributed by atoms with van der Waals surface area (Å²) in [6.07, 6.45) is 2.21. The average Bonchev–Trinajstić information content (AvgIpc) is 3.26. The Labute approximate surface area is 337 Å². The smallest absolute Gasteiger partial charge is 0.253 e. The van der Waals surface area contributed by atoms with E-state index in [9.17, 15) is 9.59 Å². The van der Waals surface area contributed by atoms with Crippen molar-refractivity contribution in [3.05, 3.63) is 83.9 Å². The van der Waals surface area contributed by atoms with Gasteiger partial charge in [-0.05, 0) is 96.7 Å². The second-order valence-corrected chi connectivity index (χ2v) is 14.0. The van der Waals surface area contributed by atoms with Gasteiger partial charge in [0.15, 0.2) is 23.0 Å². The first-order chi connectivity index (χ1) is 27.3. The summed E-state index contributed by atoms with van der Waals surface area (Å²) in [6, 6.07) is 23.0. The highest BCUT2D eigenvalue weighted by Crippen LogP contribution is 2.42. The number of piperazine rings is 2. The van der Waals surface area contributed by atoms with Gasteiger partial charge in [-0.3, -0.25) is 19.4 Å². The maximum absolute atomic E-state index is 13.4. The summed E-state index contributed by atoms with van der Waals surface area (Å²) < 4.78 is 32.9. The second-order valence-electron chi connectivity index (χ2n) is 14.0. The fraction of sp³-hybridized carbons (Fsp3) is 0.422. The lowest BCUT2D eigenvalue weighted by Gasteiger charge is -2.36. The van der Waals surface area contributed by atoms with Crippen LogP contribution in [-0.2, 0) is 0 Å². The molecule has 6 rings (SSSR count). The highest BCUT2D eigenvalue weighted by Gasteiger charge is 2.24. The molecule has 12 nitrogen and oxygen atoms in total. The minimum absolute atomic E-state index is 0. The zero-order valence-electron chi connectivity index (χ0n) is 33.5. The molecule has 0 aromatic heterocycles. The zero-order valence-corrected chi connectivity index (χ0v) is 33.5. The fourth-order valence-corrected chi connectivity index (χ4v) is 7.49. The number of carbonyl (C=O) groups excluding carboxylic acids is 2. The van der Waals surface area contributed by atoms with Gasteiger partial charge in [-0.2, -0.15) is 0 Å². The number of carbonyl (C=O) groups is 2. The summed E-state index contributed by atoms with van der Waals surface area (Å²) >= 11 is 0. The van der Waals surface area contributed by atoms with Gasteiger partial charge >= 0.3 is 0 Å². The van der Waals surface area contributed by atoms with Gasteiger partial charge in [0.2, 0.25) is 11.5 Å². The van der Waals surface area contributed by atoms with Crippen LogP contribution >= 0.6 is 0 Å². The molecule has 57 heavy (non-hydrogen) atoms. The Morgan fingerprint density at radius 2 is 0.737 bits per heavy atom. The highest BCUT2D eigenvalue weighted by atomic mass is 16.5. The molecule has 2 fully saturated rings. The molecular formula is C45H58N4O8. The molecule has 2 heterocycles. The van der Waals surface area contributed by atoms with E-state index in [2.05, 4.69) is 9.80 Å². The summed E-state index contributed by atoms with van der Waals surface area (Å²) in [5.41, 5.74) is 5.11. The van der Waals surface area contributed by atoms with Crippen molar-refractivity contribution in [1.82, 2.24) is 19.6 Å². The van der Waals surface area contributed by atoms with Crippen LogP contribution < -0.4 is 28.4 Å². The third kappa shape index (κ3) is 9.92. The fourth-order valence-electron chi connectivity index (χ4n) is 7.49. The van der Waals surface area contributed by atoms with Crippen molar-refractivity contribution < 1.29 is 38.0 Å². The largest absolute Gasteiger partial charge is 0.493 e. The average molecular weight is 783 g/mol. The van der Waals surface area contributed by atoms with Crippen LogP contribution in [-0.4, -0.2) is 140 Å². The van der Waals surface area contributed by atoms with Crippen LogP contribution in [0.25, 0.3) is 22.3 Å². The number of amides is 2. The van der Waals surface area contributed by atoms with Crippen molar-refractivity contribution >= 4 is 11.8 Å². The Hall–Kier alpha value is -5.46. The maximum Gasteiger partial charge on any atom is 0.253 e. The van der Waals surface area contributed by atoms with Crippen molar-refractivity contribution in [2.24, 2.45) is 0 Å². The lowest BCUT2D eigenvalue weighted by Crippen LogP contribution is -2.49. The molecule has 4 aromatic rings. The molecular weight excluding hydrogens is 725 g/mol. The van der Waals surface area contributed by atoms with Gasteiger partial charge in [-0.15, -0.1) is 0 Å². The number of unbranched alkanes of at least 4 members (excludes halogenated alkanes) is 1. The molecule has 2 aliphatic heterocycles. The molecule has 0 N–H and O–H groups in total. The van der Waals surface area contributed by atoms with Gasteiger partial charge in [-0.25, -0.2) is 0 Å². The highest BCUT2D eigenvalue weighted by molar-refractivity contribution is 5.95. The number of ether oxygens (including phenoxy) is 6. The third-order valence-electron chi connectivity index (χ3n) is 10.8. The maximum atomic E-state index is 13.4. The molecule has 12 heteroatoms. The summed E-state index contributed by atoms with van der Waals surface area (Å²) in [5.74, 6) is 3.55. The monoisotopic (exact) mass is 782 g/mol. The Kier molecular flexibility index (Phi) is 15.1. The number of nitrogens with zero attached hydrogens (tertiary/aromatic N) is 4. The molecule has 2 saturated heterocycles. The minimum Gasteiger partial charge on any atom is -0.493 e. The van der Waals surface area contributed by atoms with Gasteiger partial charge in [-0.1, -0.05) is 31.7 Å². The number of benzene rings is 4. The van der Waals surface area contributed by atoms with E-state index in [1.165, 1.54) is 0 Å². The zero-order chi connectivity index (χ0) is 39.6. The van der Waals surface area contributed by atoms with E-state index >= 15 is 0 Å².